The summed E-state index contributed by atoms with van der Waals surface area (Å²) < 4.78 is 18.9. The van der Waals surface area contributed by atoms with E-state index < -0.39 is 17.8 Å². The number of nitrogens with two attached hydrogens (primary N) is 1. The third-order valence-corrected chi connectivity index (χ3v) is 2.73. The predicted molar refractivity (Wildman–Crippen MR) is 65.9 cm³/mol. The minimum Gasteiger partial charge on any atom is -0.481 e. The highest BCUT2D eigenvalue weighted by atomic mass is 35.5. The van der Waals surface area contributed by atoms with Crippen molar-refractivity contribution in [2.75, 3.05) is 7.11 Å². The Morgan fingerprint density at radius 2 is 2.28 bits per heavy atom. The van der Waals surface area contributed by atoms with Crippen LogP contribution in [-0.4, -0.2) is 18.2 Å². The van der Waals surface area contributed by atoms with Crippen molar-refractivity contribution in [1.29, 1.82) is 0 Å². The number of halogens is 2. The van der Waals surface area contributed by atoms with E-state index in [-0.39, 0.29) is 25.0 Å². The summed E-state index contributed by atoms with van der Waals surface area (Å²) in [4.78, 5) is 10.5. The normalized spacial score (nSPS) is 12.4. The average molecular weight is 276 g/mol. The molecular weight excluding hydrogens is 261 g/mol. The fraction of sp³-hybridized carbons (Fsp3) is 0.417. The first-order valence-corrected chi connectivity index (χ1v) is 5.77. The first-order chi connectivity index (χ1) is 8.45. The van der Waals surface area contributed by atoms with Crippen LogP contribution >= 0.6 is 11.6 Å². The van der Waals surface area contributed by atoms with Crippen molar-refractivity contribution in [1.82, 2.24) is 0 Å². The number of benzene rings is 1. The van der Waals surface area contributed by atoms with Gasteiger partial charge in [-0.1, -0.05) is 11.6 Å². The number of methoxy groups -OCH3 is 1. The summed E-state index contributed by atoms with van der Waals surface area (Å²) in [5.74, 6) is -1.45. The van der Waals surface area contributed by atoms with Crippen LogP contribution in [0.5, 0.6) is 0 Å². The van der Waals surface area contributed by atoms with Crippen molar-refractivity contribution in [3.8, 4) is 0 Å². The van der Waals surface area contributed by atoms with Crippen molar-refractivity contribution in [3.05, 3.63) is 34.1 Å². The number of rotatable bonds is 6. The van der Waals surface area contributed by atoms with E-state index in [0.29, 0.717) is 10.6 Å². The molecular formula is C12H15ClFNO3. The summed E-state index contributed by atoms with van der Waals surface area (Å²) in [5, 5.41) is 8.93. The molecule has 0 aliphatic rings. The molecule has 0 radical (unpaired) electrons. The van der Waals surface area contributed by atoms with E-state index in [0.717, 1.165) is 0 Å². The second-order valence-corrected chi connectivity index (χ2v) is 4.38. The summed E-state index contributed by atoms with van der Waals surface area (Å²) in [7, 11) is 1.45. The maximum Gasteiger partial charge on any atom is 0.303 e. The quantitative estimate of drug-likeness (QED) is 0.837. The number of aliphatic carboxylic acids is 1. The van der Waals surface area contributed by atoms with Crippen LogP contribution in [0.2, 0.25) is 5.02 Å². The Hall–Kier alpha value is -1.17. The van der Waals surface area contributed by atoms with Gasteiger partial charge in [0.2, 0.25) is 0 Å². The number of hydrogen-bond acceptors (Lipinski definition) is 3. The van der Waals surface area contributed by atoms with Gasteiger partial charge < -0.3 is 15.6 Å². The number of carboxylic acid groups (broad SMARTS) is 1. The molecule has 0 aromatic heterocycles. The van der Waals surface area contributed by atoms with Gasteiger partial charge in [0.05, 0.1) is 6.61 Å². The molecule has 0 bridgehead atoms. The molecule has 0 spiro atoms. The van der Waals surface area contributed by atoms with Gasteiger partial charge in [-0.3, -0.25) is 4.79 Å². The van der Waals surface area contributed by atoms with Crippen molar-refractivity contribution < 1.29 is 19.0 Å². The third kappa shape index (κ3) is 3.94. The number of carboxylic acids is 1. The van der Waals surface area contributed by atoms with Crippen LogP contribution < -0.4 is 5.73 Å². The smallest absolute Gasteiger partial charge is 0.303 e. The van der Waals surface area contributed by atoms with Crippen LogP contribution in [0.4, 0.5) is 4.39 Å². The fourth-order valence-corrected chi connectivity index (χ4v) is 1.88. The molecule has 1 atom stereocenters. The van der Waals surface area contributed by atoms with E-state index in [4.69, 9.17) is 27.2 Å². The lowest BCUT2D eigenvalue weighted by molar-refractivity contribution is -0.137. The van der Waals surface area contributed by atoms with Crippen LogP contribution in [0.3, 0.4) is 0 Å². The molecule has 4 nitrogen and oxygen atoms in total. The van der Waals surface area contributed by atoms with Gasteiger partial charge in [0, 0.05) is 35.7 Å². The fourth-order valence-electron chi connectivity index (χ4n) is 1.63. The van der Waals surface area contributed by atoms with Gasteiger partial charge in [0.25, 0.3) is 0 Å². The van der Waals surface area contributed by atoms with E-state index in [1.54, 1.807) is 0 Å². The molecule has 0 saturated carbocycles. The van der Waals surface area contributed by atoms with Crippen LogP contribution in [0.25, 0.3) is 0 Å². The Morgan fingerprint density at radius 3 is 2.83 bits per heavy atom. The Kier molecular flexibility index (Phi) is 5.53. The largest absolute Gasteiger partial charge is 0.481 e. The minimum absolute atomic E-state index is 0.0883. The maximum absolute atomic E-state index is 14.0. The lowest BCUT2D eigenvalue weighted by Gasteiger charge is -2.15. The van der Waals surface area contributed by atoms with Gasteiger partial charge in [0.1, 0.15) is 5.82 Å². The maximum atomic E-state index is 14.0. The first kappa shape index (κ1) is 14.9. The summed E-state index contributed by atoms with van der Waals surface area (Å²) in [6.07, 6.45) is 0.0335. The Bertz CT molecular complexity index is 440. The average Bonchev–Trinajstić information content (AvgIpc) is 2.30. The second kappa shape index (κ2) is 6.68. The number of carbonyl (C=O) groups is 1. The standard InChI is InChI=1S/C12H15ClFNO3/c1-18-6-7-4-8(13)5-9(12(7)14)10(15)2-3-11(16)17/h4-5,10H,2-3,6,15H2,1H3,(H,16,17). The summed E-state index contributed by atoms with van der Waals surface area (Å²) in [5.41, 5.74) is 6.30. The third-order valence-electron chi connectivity index (χ3n) is 2.51. The zero-order valence-electron chi connectivity index (χ0n) is 9.95. The van der Waals surface area contributed by atoms with Crippen molar-refractivity contribution in [3.63, 3.8) is 0 Å². The van der Waals surface area contributed by atoms with Gasteiger partial charge in [-0.25, -0.2) is 4.39 Å². The molecule has 100 valence electrons. The number of hydrogen-bond donors (Lipinski definition) is 2. The second-order valence-electron chi connectivity index (χ2n) is 3.94. The molecule has 18 heavy (non-hydrogen) atoms. The zero-order valence-corrected chi connectivity index (χ0v) is 10.7. The van der Waals surface area contributed by atoms with E-state index in [1.165, 1.54) is 19.2 Å². The zero-order chi connectivity index (χ0) is 13.7. The summed E-state index contributed by atoms with van der Waals surface area (Å²) in [6, 6.07) is 2.19. The minimum atomic E-state index is -0.968. The molecule has 1 aromatic rings. The van der Waals surface area contributed by atoms with Gasteiger partial charge in [-0.15, -0.1) is 0 Å². The van der Waals surface area contributed by atoms with Gasteiger partial charge in [0.15, 0.2) is 0 Å². The highest BCUT2D eigenvalue weighted by Crippen LogP contribution is 2.26. The highest BCUT2D eigenvalue weighted by molar-refractivity contribution is 6.30. The summed E-state index contributed by atoms with van der Waals surface area (Å²) >= 11 is 5.87. The SMILES string of the molecule is COCc1cc(Cl)cc(C(N)CCC(=O)O)c1F. The molecule has 0 saturated heterocycles. The number of ether oxygens (including phenoxy) is 1. The van der Waals surface area contributed by atoms with E-state index >= 15 is 0 Å². The Labute approximate surface area is 109 Å². The molecule has 1 rings (SSSR count). The van der Waals surface area contributed by atoms with E-state index in [1.807, 2.05) is 0 Å². The van der Waals surface area contributed by atoms with Crippen LogP contribution in [0.15, 0.2) is 12.1 Å². The molecule has 3 N–H and O–H groups in total. The van der Waals surface area contributed by atoms with Gasteiger partial charge in [-0.2, -0.15) is 0 Å². The molecule has 1 aromatic carbocycles. The molecule has 0 fully saturated rings. The lowest BCUT2D eigenvalue weighted by atomic mass is 10.00. The highest BCUT2D eigenvalue weighted by Gasteiger charge is 2.17. The van der Waals surface area contributed by atoms with Crippen LogP contribution in [-0.2, 0) is 16.1 Å². The lowest BCUT2D eigenvalue weighted by Crippen LogP contribution is -2.15. The van der Waals surface area contributed by atoms with Crippen molar-refractivity contribution in [2.45, 2.75) is 25.5 Å². The first-order valence-electron chi connectivity index (χ1n) is 5.39. The molecule has 6 heteroatoms. The monoisotopic (exact) mass is 275 g/mol. The Balaban J connectivity index is 2.96. The molecule has 0 amide bonds. The molecule has 0 aliphatic carbocycles. The Morgan fingerprint density at radius 1 is 1.61 bits per heavy atom. The van der Waals surface area contributed by atoms with Crippen molar-refractivity contribution in [2.24, 2.45) is 5.73 Å². The molecule has 1 unspecified atom stereocenters. The molecule has 0 heterocycles. The van der Waals surface area contributed by atoms with Gasteiger partial charge in [-0.05, 0) is 18.6 Å². The molecule has 0 aliphatic heterocycles. The van der Waals surface area contributed by atoms with Gasteiger partial charge >= 0.3 is 5.97 Å². The van der Waals surface area contributed by atoms with Crippen LogP contribution in [0, 0.1) is 5.82 Å². The van der Waals surface area contributed by atoms with Crippen molar-refractivity contribution >= 4 is 17.6 Å². The van der Waals surface area contributed by atoms with Crippen LogP contribution in [0.1, 0.15) is 30.0 Å². The van der Waals surface area contributed by atoms with E-state index in [9.17, 15) is 9.18 Å². The summed E-state index contributed by atoms with van der Waals surface area (Å²) in [6.45, 7) is 0.0883. The van der Waals surface area contributed by atoms with E-state index in [2.05, 4.69) is 0 Å². The topological polar surface area (TPSA) is 72.5 Å². The predicted octanol–water partition coefficient (Wildman–Crippen LogP) is 2.49.